The van der Waals surface area contributed by atoms with Gasteiger partial charge in [0.15, 0.2) is 5.76 Å². The Balaban J connectivity index is 1.39. The molecule has 3 aromatic rings. The maximum absolute atomic E-state index is 15.0. The summed E-state index contributed by atoms with van der Waals surface area (Å²) in [5.41, 5.74) is 2.78. The molecule has 0 radical (unpaired) electrons. The lowest BCUT2D eigenvalue weighted by atomic mass is 10.0. The predicted molar refractivity (Wildman–Crippen MR) is 137 cm³/mol. The molecule has 3 N–H and O–H groups in total. The molecule has 0 aliphatic carbocycles. The van der Waals surface area contributed by atoms with Crippen LogP contribution in [0.25, 0.3) is 0 Å². The van der Waals surface area contributed by atoms with E-state index in [1.165, 1.54) is 6.07 Å². The molecule has 2 aromatic carbocycles. The van der Waals surface area contributed by atoms with Crippen molar-refractivity contribution >= 4 is 29.0 Å². The highest BCUT2D eigenvalue weighted by molar-refractivity contribution is 6.00. The average molecular weight is 495 g/mol. The van der Waals surface area contributed by atoms with Crippen LogP contribution < -0.4 is 20.9 Å². The van der Waals surface area contributed by atoms with E-state index in [0.717, 1.165) is 5.56 Å². The van der Waals surface area contributed by atoms with Crippen molar-refractivity contribution < 1.29 is 18.5 Å². The summed E-state index contributed by atoms with van der Waals surface area (Å²) in [4.78, 5) is 29.3. The van der Waals surface area contributed by atoms with E-state index in [1.807, 2.05) is 42.2 Å². The summed E-state index contributed by atoms with van der Waals surface area (Å²) in [5.74, 6) is 0.0283. The summed E-state index contributed by atoms with van der Waals surface area (Å²) < 4.78 is 20.1. The van der Waals surface area contributed by atoms with E-state index in [4.69, 9.17) is 4.52 Å². The number of anilines is 3. The van der Waals surface area contributed by atoms with Gasteiger partial charge >= 0.3 is 6.03 Å². The fraction of sp³-hybridized carbons (Fsp3) is 0.346. The zero-order valence-corrected chi connectivity index (χ0v) is 20.7. The van der Waals surface area contributed by atoms with E-state index < -0.39 is 11.8 Å². The van der Waals surface area contributed by atoms with Crippen molar-refractivity contribution in [2.45, 2.75) is 26.8 Å². The van der Waals surface area contributed by atoms with Crippen LogP contribution in [0, 0.1) is 19.7 Å². The standard InChI is InChI=1S/C26H31FN6O3/c1-4-28-25(34)24(19-8-6-5-7-9-19)33-14-12-32(13-15-33)22-11-10-20(16-21(22)27)29-26(35)30-23-17(2)31-36-18(23)3/h5-11,16,24H,4,12-15H2,1-3H3,(H,28,34)(H2,29,30,35). The third-order valence-electron chi connectivity index (χ3n) is 6.21. The molecule has 3 amide bonds. The van der Waals surface area contributed by atoms with Crippen molar-refractivity contribution in [1.29, 1.82) is 0 Å². The monoisotopic (exact) mass is 494 g/mol. The molecule has 36 heavy (non-hydrogen) atoms. The Bertz CT molecular complexity index is 1190. The van der Waals surface area contributed by atoms with Crippen molar-refractivity contribution in [3.05, 3.63) is 71.4 Å². The lowest BCUT2D eigenvalue weighted by Crippen LogP contribution is -2.51. The van der Waals surface area contributed by atoms with Gasteiger partial charge in [0.25, 0.3) is 0 Å². The number of piperazine rings is 1. The number of hydrogen-bond acceptors (Lipinski definition) is 6. The first-order valence-corrected chi connectivity index (χ1v) is 12.0. The molecule has 190 valence electrons. The minimum absolute atomic E-state index is 0.0337. The molecule has 4 rings (SSSR count). The molecular formula is C26H31FN6O3. The van der Waals surface area contributed by atoms with Gasteiger partial charge in [0.1, 0.15) is 23.2 Å². The number of nitrogens with one attached hydrogen (secondary N) is 3. The van der Waals surface area contributed by atoms with Gasteiger partial charge in [-0.3, -0.25) is 9.69 Å². The highest BCUT2D eigenvalue weighted by Crippen LogP contribution is 2.28. The average Bonchev–Trinajstić information content (AvgIpc) is 3.18. The van der Waals surface area contributed by atoms with E-state index in [9.17, 15) is 9.59 Å². The Kier molecular flexibility index (Phi) is 7.84. The zero-order chi connectivity index (χ0) is 25.7. The van der Waals surface area contributed by atoms with Crippen LogP contribution in [0.4, 0.5) is 26.2 Å². The molecule has 1 aliphatic rings. The molecule has 0 saturated carbocycles. The maximum atomic E-state index is 15.0. The first-order chi connectivity index (χ1) is 17.4. The summed E-state index contributed by atoms with van der Waals surface area (Å²) in [6.07, 6.45) is 0. The Morgan fingerprint density at radius 1 is 1.06 bits per heavy atom. The Labute approximate surface area is 209 Å². The molecule has 1 aromatic heterocycles. The fourth-order valence-electron chi connectivity index (χ4n) is 4.43. The van der Waals surface area contributed by atoms with Crippen LogP contribution in [-0.4, -0.2) is 54.7 Å². The molecule has 1 unspecified atom stereocenters. The van der Waals surface area contributed by atoms with Crippen LogP contribution in [0.3, 0.4) is 0 Å². The van der Waals surface area contributed by atoms with Crippen LogP contribution in [0.5, 0.6) is 0 Å². The van der Waals surface area contributed by atoms with Crippen molar-refractivity contribution in [3.8, 4) is 0 Å². The van der Waals surface area contributed by atoms with E-state index in [2.05, 4.69) is 26.0 Å². The van der Waals surface area contributed by atoms with Crippen molar-refractivity contribution in [2.24, 2.45) is 0 Å². The van der Waals surface area contributed by atoms with Gasteiger partial charge in [0, 0.05) is 38.4 Å². The van der Waals surface area contributed by atoms with Crippen molar-refractivity contribution in [2.75, 3.05) is 48.3 Å². The SMILES string of the molecule is CCNC(=O)C(c1ccccc1)N1CCN(c2ccc(NC(=O)Nc3c(C)noc3C)cc2F)CC1. The van der Waals surface area contributed by atoms with Gasteiger partial charge in [-0.2, -0.15) is 0 Å². The minimum Gasteiger partial charge on any atom is -0.367 e. The molecule has 1 atom stereocenters. The first kappa shape index (κ1) is 25.2. The number of hydrogen-bond donors (Lipinski definition) is 3. The zero-order valence-electron chi connectivity index (χ0n) is 20.7. The van der Waals surface area contributed by atoms with Crippen molar-refractivity contribution in [1.82, 2.24) is 15.4 Å². The summed E-state index contributed by atoms with van der Waals surface area (Å²) in [7, 11) is 0. The van der Waals surface area contributed by atoms with Crippen LogP contribution in [0.15, 0.2) is 53.1 Å². The third-order valence-corrected chi connectivity index (χ3v) is 6.21. The molecule has 9 nitrogen and oxygen atoms in total. The van der Waals surface area contributed by atoms with Crippen LogP contribution >= 0.6 is 0 Å². The van der Waals surface area contributed by atoms with Gasteiger partial charge in [-0.1, -0.05) is 35.5 Å². The normalized spacial score (nSPS) is 14.8. The topological polar surface area (TPSA) is 103 Å². The number of aryl methyl sites for hydroxylation is 2. The molecule has 1 saturated heterocycles. The second-order valence-corrected chi connectivity index (χ2v) is 8.68. The van der Waals surface area contributed by atoms with Crippen molar-refractivity contribution in [3.63, 3.8) is 0 Å². The largest absolute Gasteiger partial charge is 0.367 e. The minimum atomic E-state index is -0.512. The van der Waals surface area contributed by atoms with E-state index in [1.54, 1.807) is 26.0 Å². The van der Waals surface area contributed by atoms with Gasteiger partial charge in [-0.05, 0) is 44.5 Å². The number of benzene rings is 2. The highest BCUT2D eigenvalue weighted by Gasteiger charge is 2.30. The summed E-state index contributed by atoms with van der Waals surface area (Å²) in [6, 6.07) is 13.4. The second kappa shape index (κ2) is 11.2. The number of aromatic nitrogens is 1. The Hall–Kier alpha value is -3.92. The lowest BCUT2D eigenvalue weighted by molar-refractivity contribution is -0.126. The van der Waals surface area contributed by atoms with Crippen LogP contribution in [0.1, 0.15) is 30.0 Å². The predicted octanol–water partition coefficient (Wildman–Crippen LogP) is 4.07. The lowest BCUT2D eigenvalue weighted by Gasteiger charge is -2.39. The summed E-state index contributed by atoms with van der Waals surface area (Å²) in [6.45, 7) is 8.23. The number of carbonyl (C=O) groups excluding carboxylic acids is 2. The molecule has 2 heterocycles. The Morgan fingerprint density at radius 2 is 1.78 bits per heavy atom. The smallest absolute Gasteiger partial charge is 0.323 e. The highest BCUT2D eigenvalue weighted by atomic mass is 19.1. The van der Waals surface area contributed by atoms with E-state index >= 15 is 4.39 Å². The summed E-state index contributed by atoms with van der Waals surface area (Å²) in [5, 5.41) is 12.0. The molecule has 0 bridgehead atoms. The third kappa shape index (κ3) is 5.65. The summed E-state index contributed by atoms with van der Waals surface area (Å²) >= 11 is 0. The number of likely N-dealkylation sites (N-methyl/N-ethyl adjacent to an activating group) is 1. The first-order valence-electron chi connectivity index (χ1n) is 12.0. The number of halogens is 1. The molecule has 1 fully saturated rings. The van der Waals surface area contributed by atoms with Crippen LogP contribution in [0.2, 0.25) is 0 Å². The molecule has 0 spiro atoms. The number of carbonyl (C=O) groups is 2. The quantitative estimate of drug-likeness (QED) is 0.458. The fourth-order valence-corrected chi connectivity index (χ4v) is 4.43. The molecule has 10 heteroatoms. The van der Waals surface area contributed by atoms with Gasteiger partial charge in [-0.15, -0.1) is 0 Å². The number of urea groups is 1. The van der Waals surface area contributed by atoms with E-state index in [-0.39, 0.29) is 11.9 Å². The Morgan fingerprint density at radius 3 is 2.39 bits per heavy atom. The molecular weight excluding hydrogens is 463 g/mol. The van der Waals surface area contributed by atoms with E-state index in [0.29, 0.717) is 61.2 Å². The second-order valence-electron chi connectivity index (χ2n) is 8.68. The van der Waals surface area contributed by atoms with Gasteiger partial charge < -0.3 is 25.4 Å². The van der Waals surface area contributed by atoms with Crippen LogP contribution in [-0.2, 0) is 4.79 Å². The van der Waals surface area contributed by atoms with Gasteiger partial charge in [0.05, 0.1) is 5.69 Å². The maximum Gasteiger partial charge on any atom is 0.323 e. The number of rotatable bonds is 7. The number of amides is 3. The molecule has 1 aliphatic heterocycles. The van der Waals surface area contributed by atoms with Gasteiger partial charge in [0.2, 0.25) is 5.91 Å². The van der Waals surface area contributed by atoms with Gasteiger partial charge in [-0.25, -0.2) is 9.18 Å². The number of nitrogens with zero attached hydrogens (tertiary/aromatic N) is 3.